The van der Waals surface area contributed by atoms with E-state index in [9.17, 15) is 13.5 Å². The van der Waals surface area contributed by atoms with Crippen molar-refractivity contribution in [1.29, 1.82) is 0 Å². The van der Waals surface area contributed by atoms with Crippen LogP contribution in [-0.2, 0) is 9.84 Å². The quantitative estimate of drug-likeness (QED) is 0.908. The van der Waals surface area contributed by atoms with Crippen LogP contribution in [0.3, 0.4) is 0 Å². The Morgan fingerprint density at radius 1 is 1.31 bits per heavy atom. The molecule has 1 atom stereocenters. The molecule has 0 fully saturated rings. The van der Waals surface area contributed by atoms with Crippen molar-refractivity contribution in [2.45, 2.75) is 30.8 Å². The standard InChI is InChI=1S/C11H15BrO3S/c1-2-3-10(13)8-16(14,15)11-6-4-9(12)5-7-11/h4-7,10,13H,2-3,8H2,1H3. The van der Waals surface area contributed by atoms with E-state index in [2.05, 4.69) is 15.9 Å². The molecule has 0 aliphatic heterocycles. The predicted molar refractivity (Wildman–Crippen MR) is 67.1 cm³/mol. The first-order chi connectivity index (χ1) is 7.45. The maximum absolute atomic E-state index is 11.9. The van der Waals surface area contributed by atoms with E-state index < -0.39 is 15.9 Å². The summed E-state index contributed by atoms with van der Waals surface area (Å²) in [6, 6.07) is 6.44. The van der Waals surface area contributed by atoms with Gasteiger partial charge in [-0.25, -0.2) is 8.42 Å². The minimum Gasteiger partial charge on any atom is -0.392 e. The summed E-state index contributed by atoms with van der Waals surface area (Å²) in [6.07, 6.45) is 0.505. The molecule has 1 rings (SSSR count). The van der Waals surface area contributed by atoms with Gasteiger partial charge in [0.25, 0.3) is 0 Å². The third-order valence-electron chi connectivity index (χ3n) is 2.21. The molecule has 0 spiro atoms. The highest BCUT2D eigenvalue weighted by molar-refractivity contribution is 9.10. The summed E-state index contributed by atoms with van der Waals surface area (Å²) in [7, 11) is -3.37. The summed E-state index contributed by atoms with van der Waals surface area (Å²) < 4.78 is 24.5. The Labute approximate surface area is 105 Å². The average molecular weight is 307 g/mol. The molecule has 0 amide bonds. The van der Waals surface area contributed by atoms with Crippen LogP contribution in [0.4, 0.5) is 0 Å². The second kappa shape index (κ2) is 5.80. The molecule has 0 saturated heterocycles. The molecule has 1 aromatic carbocycles. The van der Waals surface area contributed by atoms with Gasteiger partial charge in [-0.1, -0.05) is 29.3 Å². The van der Waals surface area contributed by atoms with Gasteiger partial charge in [0.1, 0.15) is 0 Å². The van der Waals surface area contributed by atoms with Crippen molar-refractivity contribution in [3.05, 3.63) is 28.7 Å². The van der Waals surface area contributed by atoms with Gasteiger partial charge in [0.15, 0.2) is 9.84 Å². The number of hydrogen-bond donors (Lipinski definition) is 1. The molecule has 1 unspecified atom stereocenters. The van der Waals surface area contributed by atoms with E-state index in [1.165, 1.54) is 12.1 Å². The van der Waals surface area contributed by atoms with Gasteiger partial charge in [-0.15, -0.1) is 0 Å². The Hall–Kier alpha value is -0.390. The highest BCUT2D eigenvalue weighted by Crippen LogP contribution is 2.17. The van der Waals surface area contributed by atoms with Gasteiger partial charge in [0.2, 0.25) is 0 Å². The zero-order valence-corrected chi connectivity index (χ0v) is 11.5. The van der Waals surface area contributed by atoms with E-state index >= 15 is 0 Å². The Balaban J connectivity index is 2.82. The van der Waals surface area contributed by atoms with Crippen molar-refractivity contribution in [2.75, 3.05) is 5.75 Å². The summed E-state index contributed by atoms with van der Waals surface area (Å²) in [5, 5.41) is 9.51. The topological polar surface area (TPSA) is 54.4 Å². The molecule has 1 N–H and O–H groups in total. The Morgan fingerprint density at radius 2 is 1.88 bits per heavy atom. The smallest absolute Gasteiger partial charge is 0.180 e. The zero-order valence-electron chi connectivity index (χ0n) is 9.06. The van der Waals surface area contributed by atoms with Gasteiger partial charge in [-0.2, -0.15) is 0 Å². The fourth-order valence-corrected chi connectivity index (χ4v) is 3.09. The van der Waals surface area contributed by atoms with Crippen molar-refractivity contribution < 1.29 is 13.5 Å². The summed E-state index contributed by atoms with van der Waals surface area (Å²) in [5.74, 6) is -0.206. The molecule has 0 heterocycles. The van der Waals surface area contributed by atoms with E-state index in [0.717, 1.165) is 10.9 Å². The van der Waals surface area contributed by atoms with Gasteiger partial charge in [-0.05, 0) is 30.7 Å². The van der Waals surface area contributed by atoms with Gasteiger partial charge in [0.05, 0.1) is 16.8 Å². The number of rotatable bonds is 5. The third kappa shape index (κ3) is 3.88. The van der Waals surface area contributed by atoms with Crippen LogP contribution in [-0.4, -0.2) is 25.4 Å². The molecular weight excluding hydrogens is 292 g/mol. The molecule has 0 bridgehead atoms. The highest BCUT2D eigenvalue weighted by atomic mass is 79.9. The fraction of sp³-hybridized carbons (Fsp3) is 0.455. The largest absolute Gasteiger partial charge is 0.392 e. The average Bonchev–Trinajstić information content (AvgIpc) is 2.17. The molecule has 90 valence electrons. The Bertz CT molecular complexity index is 425. The predicted octanol–water partition coefficient (Wildman–Crippen LogP) is 2.38. The Kier molecular flexibility index (Phi) is 4.95. The number of sulfone groups is 1. The molecule has 16 heavy (non-hydrogen) atoms. The minimum absolute atomic E-state index is 0.206. The van der Waals surface area contributed by atoms with Crippen LogP contribution in [0.2, 0.25) is 0 Å². The van der Waals surface area contributed by atoms with Crippen LogP contribution >= 0.6 is 15.9 Å². The van der Waals surface area contributed by atoms with Crippen molar-refractivity contribution in [1.82, 2.24) is 0 Å². The molecule has 0 radical (unpaired) electrons. The maximum atomic E-state index is 11.9. The molecule has 0 saturated carbocycles. The van der Waals surface area contributed by atoms with Crippen molar-refractivity contribution >= 4 is 25.8 Å². The molecular formula is C11H15BrO3S. The second-order valence-electron chi connectivity index (χ2n) is 3.68. The fourth-order valence-electron chi connectivity index (χ4n) is 1.41. The number of hydrogen-bond acceptors (Lipinski definition) is 3. The first-order valence-corrected chi connectivity index (χ1v) is 7.56. The molecule has 1 aromatic rings. The van der Waals surface area contributed by atoms with Gasteiger partial charge < -0.3 is 5.11 Å². The van der Waals surface area contributed by atoms with Crippen molar-refractivity contribution in [3.8, 4) is 0 Å². The first kappa shape index (κ1) is 13.7. The minimum atomic E-state index is -3.37. The molecule has 0 aromatic heterocycles. The van der Waals surface area contributed by atoms with Crippen LogP contribution in [0.1, 0.15) is 19.8 Å². The summed E-state index contributed by atoms with van der Waals surface area (Å²) >= 11 is 3.24. The van der Waals surface area contributed by atoms with Gasteiger partial charge >= 0.3 is 0 Å². The lowest BCUT2D eigenvalue weighted by Crippen LogP contribution is -2.20. The van der Waals surface area contributed by atoms with Gasteiger partial charge in [-0.3, -0.25) is 0 Å². The van der Waals surface area contributed by atoms with Crippen LogP contribution < -0.4 is 0 Å². The summed E-state index contributed by atoms with van der Waals surface area (Å²) in [5.41, 5.74) is 0. The van der Waals surface area contributed by atoms with E-state index in [1.54, 1.807) is 12.1 Å². The summed E-state index contributed by atoms with van der Waals surface area (Å²) in [6.45, 7) is 1.91. The lowest BCUT2D eigenvalue weighted by atomic mass is 10.2. The SMILES string of the molecule is CCCC(O)CS(=O)(=O)c1ccc(Br)cc1. The van der Waals surface area contributed by atoms with Crippen LogP contribution in [0, 0.1) is 0 Å². The second-order valence-corrected chi connectivity index (χ2v) is 6.63. The summed E-state index contributed by atoms with van der Waals surface area (Å²) in [4.78, 5) is 0.255. The number of benzene rings is 1. The van der Waals surface area contributed by atoms with E-state index in [4.69, 9.17) is 0 Å². The van der Waals surface area contributed by atoms with Crippen LogP contribution in [0.5, 0.6) is 0 Å². The van der Waals surface area contributed by atoms with E-state index in [1.807, 2.05) is 6.92 Å². The zero-order chi connectivity index (χ0) is 12.2. The molecule has 0 aliphatic carbocycles. The number of aliphatic hydroxyl groups excluding tert-OH is 1. The van der Waals surface area contributed by atoms with Crippen molar-refractivity contribution in [3.63, 3.8) is 0 Å². The van der Waals surface area contributed by atoms with E-state index in [-0.39, 0.29) is 10.6 Å². The molecule has 3 nitrogen and oxygen atoms in total. The number of aliphatic hydroxyl groups is 1. The van der Waals surface area contributed by atoms with Crippen LogP contribution in [0.25, 0.3) is 0 Å². The monoisotopic (exact) mass is 306 g/mol. The number of halogens is 1. The van der Waals surface area contributed by atoms with Crippen molar-refractivity contribution in [2.24, 2.45) is 0 Å². The van der Waals surface area contributed by atoms with Crippen LogP contribution in [0.15, 0.2) is 33.6 Å². The highest BCUT2D eigenvalue weighted by Gasteiger charge is 2.18. The van der Waals surface area contributed by atoms with E-state index in [0.29, 0.717) is 6.42 Å². The lowest BCUT2D eigenvalue weighted by Gasteiger charge is -2.10. The van der Waals surface area contributed by atoms with Gasteiger partial charge in [0, 0.05) is 4.47 Å². The first-order valence-electron chi connectivity index (χ1n) is 5.12. The normalized spacial score (nSPS) is 13.7. The molecule has 5 heteroatoms. The maximum Gasteiger partial charge on any atom is 0.180 e. The lowest BCUT2D eigenvalue weighted by molar-refractivity contribution is 0.186. The Morgan fingerprint density at radius 3 is 2.38 bits per heavy atom. The molecule has 0 aliphatic rings. The third-order valence-corrected chi connectivity index (χ3v) is 4.55.